The van der Waals surface area contributed by atoms with Crippen molar-refractivity contribution in [2.45, 2.75) is 24.9 Å². The molecule has 3 heterocycles. The zero-order valence-corrected chi connectivity index (χ0v) is 16.1. The summed E-state index contributed by atoms with van der Waals surface area (Å²) in [6, 6.07) is 8.53. The van der Waals surface area contributed by atoms with Gasteiger partial charge in [0.25, 0.3) is 11.8 Å². The topological polar surface area (TPSA) is 69.7 Å². The van der Waals surface area contributed by atoms with Crippen LogP contribution in [0.1, 0.15) is 28.8 Å². The van der Waals surface area contributed by atoms with E-state index in [4.69, 9.17) is 11.6 Å². The molecule has 2 saturated heterocycles. The van der Waals surface area contributed by atoms with E-state index in [2.05, 4.69) is 5.32 Å². The molecule has 2 aliphatic heterocycles. The van der Waals surface area contributed by atoms with E-state index >= 15 is 0 Å². The fourth-order valence-electron chi connectivity index (χ4n) is 3.64. The summed E-state index contributed by atoms with van der Waals surface area (Å²) < 4.78 is 0. The zero-order valence-electron chi connectivity index (χ0n) is 14.5. The Hall–Kier alpha value is -2.38. The first kappa shape index (κ1) is 18.0. The number of imide groups is 1. The predicted molar refractivity (Wildman–Crippen MR) is 103 cm³/mol. The van der Waals surface area contributed by atoms with Crippen molar-refractivity contribution in [2.75, 3.05) is 13.1 Å². The Balaban J connectivity index is 1.45. The number of amides is 4. The number of likely N-dealkylation sites (tertiary alicyclic amines) is 1. The van der Waals surface area contributed by atoms with Gasteiger partial charge in [-0.3, -0.25) is 14.5 Å². The molecular formula is C19H18ClN3O3S. The molecule has 0 radical (unpaired) electrons. The first-order valence-electron chi connectivity index (χ1n) is 8.68. The van der Waals surface area contributed by atoms with E-state index < -0.39 is 11.6 Å². The number of hydrogen-bond donors (Lipinski definition) is 1. The van der Waals surface area contributed by atoms with Crippen LogP contribution in [-0.2, 0) is 11.3 Å². The van der Waals surface area contributed by atoms with Crippen LogP contribution in [0, 0.1) is 0 Å². The van der Waals surface area contributed by atoms with E-state index in [1.165, 1.54) is 16.2 Å². The molecule has 1 N–H and O–H groups in total. The molecule has 6 nitrogen and oxygen atoms in total. The monoisotopic (exact) mass is 403 g/mol. The Morgan fingerprint density at radius 2 is 2.00 bits per heavy atom. The lowest BCUT2D eigenvalue weighted by Crippen LogP contribution is -2.55. The Labute approximate surface area is 165 Å². The lowest BCUT2D eigenvalue weighted by molar-refractivity contribution is -0.133. The second-order valence-corrected chi connectivity index (χ2v) is 8.05. The lowest BCUT2D eigenvalue weighted by Gasteiger charge is -2.37. The van der Waals surface area contributed by atoms with Gasteiger partial charge in [-0.25, -0.2) is 4.79 Å². The van der Waals surface area contributed by atoms with Crippen molar-refractivity contribution in [2.24, 2.45) is 0 Å². The van der Waals surface area contributed by atoms with Crippen LogP contribution in [0.2, 0.25) is 5.02 Å². The van der Waals surface area contributed by atoms with Gasteiger partial charge in [-0.15, -0.1) is 0 Å². The number of urea groups is 1. The van der Waals surface area contributed by atoms with E-state index in [-0.39, 0.29) is 18.4 Å². The number of rotatable bonds is 3. The quantitative estimate of drug-likeness (QED) is 0.800. The molecule has 4 amide bonds. The highest BCUT2D eigenvalue weighted by Crippen LogP contribution is 2.31. The number of nitrogens with zero attached hydrogens (tertiary/aromatic N) is 2. The molecule has 0 unspecified atom stereocenters. The summed E-state index contributed by atoms with van der Waals surface area (Å²) >= 11 is 7.47. The predicted octanol–water partition coefficient (Wildman–Crippen LogP) is 3.13. The van der Waals surface area contributed by atoms with Crippen molar-refractivity contribution in [1.82, 2.24) is 15.1 Å². The van der Waals surface area contributed by atoms with Crippen LogP contribution in [0.25, 0.3) is 0 Å². The standard InChI is InChI=1S/C19H18ClN3O3S/c20-15-3-1-2-13(10-15)11-23-17(25)19(21-18(23)26)5-7-22(8-6-19)16(24)14-4-9-27-12-14/h1-4,9-10,12H,5-8,11H2,(H,21,26). The molecule has 0 atom stereocenters. The highest BCUT2D eigenvalue weighted by atomic mass is 35.5. The van der Waals surface area contributed by atoms with Crippen LogP contribution < -0.4 is 5.32 Å². The first-order chi connectivity index (χ1) is 13.0. The van der Waals surface area contributed by atoms with Gasteiger partial charge in [-0.05, 0) is 42.0 Å². The highest BCUT2D eigenvalue weighted by Gasteiger charge is 2.52. The molecule has 2 aliphatic rings. The molecule has 2 aromatic rings. The zero-order chi connectivity index (χ0) is 19.0. The summed E-state index contributed by atoms with van der Waals surface area (Å²) in [7, 11) is 0. The highest BCUT2D eigenvalue weighted by molar-refractivity contribution is 7.08. The van der Waals surface area contributed by atoms with E-state index in [1.807, 2.05) is 16.8 Å². The maximum Gasteiger partial charge on any atom is 0.325 e. The van der Waals surface area contributed by atoms with E-state index in [0.29, 0.717) is 36.5 Å². The summed E-state index contributed by atoms with van der Waals surface area (Å²) in [5.74, 6) is -0.256. The molecule has 0 saturated carbocycles. The fourth-order valence-corrected chi connectivity index (χ4v) is 4.48. The largest absolute Gasteiger partial charge is 0.338 e. The number of halogens is 1. The van der Waals surface area contributed by atoms with Gasteiger partial charge < -0.3 is 10.2 Å². The van der Waals surface area contributed by atoms with Gasteiger partial charge in [0, 0.05) is 23.5 Å². The van der Waals surface area contributed by atoms with Gasteiger partial charge in [-0.2, -0.15) is 11.3 Å². The van der Waals surface area contributed by atoms with Crippen molar-refractivity contribution in [3.8, 4) is 0 Å². The Bertz CT molecular complexity index is 891. The molecule has 1 spiro atoms. The molecule has 2 fully saturated rings. The maximum atomic E-state index is 13.0. The summed E-state index contributed by atoms with van der Waals surface area (Å²) in [4.78, 5) is 40.9. The molecule has 0 bridgehead atoms. The van der Waals surface area contributed by atoms with Crippen LogP contribution in [0.15, 0.2) is 41.1 Å². The van der Waals surface area contributed by atoms with Crippen molar-refractivity contribution in [3.63, 3.8) is 0 Å². The third-order valence-corrected chi connectivity index (χ3v) is 6.07. The SMILES string of the molecule is O=C(c1ccsc1)N1CCC2(CC1)NC(=O)N(Cc1cccc(Cl)c1)C2=O. The number of nitrogens with one attached hydrogen (secondary N) is 1. The average molecular weight is 404 g/mol. The van der Waals surface area contributed by atoms with Crippen molar-refractivity contribution in [3.05, 3.63) is 57.2 Å². The third kappa shape index (κ3) is 3.33. The van der Waals surface area contributed by atoms with E-state index in [0.717, 1.165) is 5.56 Å². The smallest absolute Gasteiger partial charge is 0.325 e. The second kappa shape index (κ2) is 6.98. The number of piperidine rings is 1. The van der Waals surface area contributed by atoms with E-state index in [9.17, 15) is 14.4 Å². The fraction of sp³-hybridized carbons (Fsp3) is 0.316. The summed E-state index contributed by atoms with van der Waals surface area (Å²) in [5.41, 5.74) is 0.551. The van der Waals surface area contributed by atoms with Crippen LogP contribution >= 0.6 is 22.9 Å². The Kier molecular flexibility index (Phi) is 4.65. The van der Waals surface area contributed by atoms with Gasteiger partial charge >= 0.3 is 6.03 Å². The van der Waals surface area contributed by atoms with Gasteiger partial charge in [0.2, 0.25) is 0 Å². The number of hydrogen-bond acceptors (Lipinski definition) is 4. The second-order valence-electron chi connectivity index (χ2n) is 6.84. The molecule has 8 heteroatoms. The molecule has 140 valence electrons. The van der Waals surface area contributed by atoms with Gasteiger partial charge in [0.15, 0.2) is 0 Å². The first-order valence-corrected chi connectivity index (χ1v) is 10.0. The third-order valence-electron chi connectivity index (χ3n) is 5.15. The number of carbonyl (C=O) groups excluding carboxylic acids is 3. The van der Waals surface area contributed by atoms with Crippen molar-refractivity contribution in [1.29, 1.82) is 0 Å². The average Bonchev–Trinajstić information content (AvgIpc) is 3.26. The van der Waals surface area contributed by atoms with Crippen LogP contribution in [-0.4, -0.2) is 46.3 Å². The van der Waals surface area contributed by atoms with Gasteiger partial charge in [0.05, 0.1) is 12.1 Å². The molecular weight excluding hydrogens is 386 g/mol. The minimum atomic E-state index is -0.916. The van der Waals surface area contributed by atoms with E-state index in [1.54, 1.807) is 29.2 Å². The summed E-state index contributed by atoms with van der Waals surface area (Å²) in [5, 5.41) is 7.12. The Morgan fingerprint density at radius 1 is 1.22 bits per heavy atom. The van der Waals surface area contributed by atoms with Gasteiger partial charge in [0.1, 0.15) is 5.54 Å². The molecule has 1 aromatic carbocycles. The normalized spacial score (nSPS) is 18.9. The van der Waals surface area contributed by atoms with Crippen LogP contribution in [0.3, 0.4) is 0 Å². The lowest BCUT2D eigenvalue weighted by atomic mass is 9.87. The Morgan fingerprint density at radius 3 is 2.67 bits per heavy atom. The van der Waals surface area contributed by atoms with Crippen molar-refractivity contribution < 1.29 is 14.4 Å². The number of benzene rings is 1. The van der Waals surface area contributed by atoms with Crippen molar-refractivity contribution >= 4 is 40.8 Å². The molecule has 1 aromatic heterocycles. The minimum Gasteiger partial charge on any atom is -0.338 e. The molecule has 0 aliphatic carbocycles. The van der Waals surface area contributed by atoms with Gasteiger partial charge in [-0.1, -0.05) is 23.7 Å². The molecule has 27 heavy (non-hydrogen) atoms. The number of thiophene rings is 1. The summed E-state index contributed by atoms with van der Waals surface area (Å²) in [6.07, 6.45) is 0.832. The van der Waals surface area contributed by atoms with Crippen LogP contribution in [0.5, 0.6) is 0 Å². The minimum absolute atomic E-state index is 0.0290. The maximum absolute atomic E-state index is 13.0. The van der Waals surface area contributed by atoms with Crippen LogP contribution in [0.4, 0.5) is 4.79 Å². The summed E-state index contributed by atoms with van der Waals surface area (Å²) in [6.45, 7) is 1.06. The molecule has 4 rings (SSSR count). The number of carbonyl (C=O) groups is 3.